The van der Waals surface area contributed by atoms with E-state index < -0.39 is 0 Å². The Bertz CT molecular complexity index is 292. The number of fused-ring (bicyclic) bond motifs is 1. The van der Waals surface area contributed by atoms with Crippen molar-refractivity contribution in [1.29, 1.82) is 0 Å². The third-order valence-corrected chi connectivity index (χ3v) is 5.39. The molecule has 0 aromatic rings. The number of hydrogen-bond acceptors (Lipinski definition) is 3. The largest absolute Gasteiger partial charge is 0.313 e. The molecule has 2 aliphatic heterocycles. The molecule has 1 N–H and O–H groups in total. The summed E-state index contributed by atoms with van der Waals surface area (Å²) in [5.74, 6) is 0.827. The quantitative estimate of drug-likeness (QED) is 0.779. The third kappa shape index (κ3) is 5.54. The van der Waals surface area contributed by atoms with E-state index in [0.717, 1.165) is 24.5 Å². The zero-order valence-electron chi connectivity index (χ0n) is 14.8. The molecule has 0 amide bonds. The van der Waals surface area contributed by atoms with Crippen molar-refractivity contribution in [3.05, 3.63) is 0 Å². The van der Waals surface area contributed by atoms with Crippen LogP contribution in [-0.4, -0.2) is 60.6 Å². The normalized spacial score (nSPS) is 29.6. The molecule has 0 spiro atoms. The number of piperazine rings is 1. The van der Waals surface area contributed by atoms with E-state index >= 15 is 0 Å². The van der Waals surface area contributed by atoms with E-state index in [-0.39, 0.29) is 0 Å². The highest BCUT2D eigenvalue weighted by Gasteiger charge is 2.32. The summed E-state index contributed by atoms with van der Waals surface area (Å²) in [6, 6.07) is 2.24. The summed E-state index contributed by atoms with van der Waals surface area (Å²) in [5.41, 5.74) is 0. The zero-order valence-corrected chi connectivity index (χ0v) is 14.8. The lowest BCUT2D eigenvalue weighted by Crippen LogP contribution is -2.59. The molecule has 0 aromatic carbocycles. The minimum Gasteiger partial charge on any atom is -0.313 e. The summed E-state index contributed by atoms with van der Waals surface area (Å²) < 4.78 is 0. The molecule has 2 saturated heterocycles. The van der Waals surface area contributed by atoms with Crippen LogP contribution in [0.15, 0.2) is 0 Å². The van der Waals surface area contributed by atoms with E-state index in [1.807, 2.05) is 0 Å². The first-order chi connectivity index (χ1) is 10.1. The standard InChI is InChI=1S/C18H37N3/c1-15(2)8-9-16(3)19-10-12-20-14-18-7-5-6-11-21(18)13-17(20)4/h15-19H,5-14H2,1-4H3. The molecule has 21 heavy (non-hydrogen) atoms. The van der Waals surface area contributed by atoms with Crippen molar-refractivity contribution in [2.75, 3.05) is 32.7 Å². The van der Waals surface area contributed by atoms with E-state index in [1.165, 1.54) is 58.3 Å². The van der Waals surface area contributed by atoms with Crippen LogP contribution >= 0.6 is 0 Å². The molecule has 0 bridgehead atoms. The molecule has 2 rings (SSSR count). The Morgan fingerprint density at radius 3 is 2.67 bits per heavy atom. The maximum Gasteiger partial charge on any atom is 0.0223 e. The van der Waals surface area contributed by atoms with Gasteiger partial charge in [0, 0.05) is 44.3 Å². The lowest BCUT2D eigenvalue weighted by Gasteiger charge is -2.47. The highest BCUT2D eigenvalue weighted by atomic mass is 15.3. The monoisotopic (exact) mass is 295 g/mol. The smallest absolute Gasteiger partial charge is 0.0223 e. The molecule has 124 valence electrons. The van der Waals surface area contributed by atoms with Crippen LogP contribution in [0.25, 0.3) is 0 Å². The molecule has 0 radical (unpaired) electrons. The summed E-state index contributed by atoms with van der Waals surface area (Å²) in [4.78, 5) is 5.46. The molecule has 3 atom stereocenters. The van der Waals surface area contributed by atoms with Gasteiger partial charge in [-0.05, 0) is 52.0 Å². The van der Waals surface area contributed by atoms with Crippen molar-refractivity contribution in [3.63, 3.8) is 0 Å². The van der Waals surface area contributed by atoms with Gasteiger partial charge in [-0.3, -0.25) is 9.80 Å². The second-order valence-electron chi connectivity index (χ2n) is 7.81. The van der Waals surface area contributed by atoms with Gasteiger partial charge in [-0.2, -0.15) is 0 Å². The fourth-order valence-electron chi connectivity index (χ4n) is 3.86. The van der Waals surface area contributed by atoms with Gasteiger partial charge in [0.2, 0.25) is 0 Å². The van der Waals surface area contributed by atoms with Crippen LogP contribution in [0.3, 0.4) is 0 Å². The van der Waals surface area contributed by atoms with Crippen molar-refractivity contribution >= 4 is 0 Å². The molecule has 0 aliphatic carbocycles. The van der Waals surface area contributed by atoms with E-state index in [0.29, 0.717) is 6.04 Å². The molecule has 2 fully saturated rings. The van der Waals surface area contributed by atoms with Crippen molar-refractivity contribution in [2.24, 2.45) is 5.92 Å². The van der Waals surface area contributed by atoms with Crippen molar-refractivity contribution in [2.45, 2.75) is 77.9 Å². The van der Waals surface area contributed by atoms with Gasteiger partial charge < -0.3 is 5.32 Å². The lowest BCUT2D eigenvalue weighted by atomic mass is 9.97. The summed E-state index contributed by atoms with van der Waals surface area (Å²) in [5, 5.41) is 3.72. The Morgan fingerprint density at radius 1 is 1.10 bits per heavy atom. The SMILES string of the molecule is CC(C)CCC(C)NCCN1CC2CCCCN2CC1C. The fraction of sp³-hybridized carbons (Fsp3) is 1.00. The number of piperidine rings is 1. The van der Waals surface area contributed by atoms with Gasteiger partial charge in [-0.25, -0.2) is 0 Å². The van der Waals surface area contributed by atoms with E-state index in [9.17, 15) is 0 Å². The van der Waals surface area contributed by atoms with Crippen LogP contribution in [0.4, 0.5) is 0 Å². The summed E-state index contributed by atoms with van der Waals surface area (Å²) in [6.45, 7) is 15.7. The van der Waals surface area contributed by atoms with Crippen molar-refractivity contribution in [3.8, 4) is 0 Å². The molecular weight excluding hydrogens is 258 g/mol. The first kappa shape index (κ1) is 17.2. The Morgan fingerprint density at radius 2 is 1.90 bits per heavy atom. The van der Waals surface area contributed by atoms with Crippen molar-refractivity contribution < 1.29 is 0 Å². The predicted octanol–water partition coefficient (Wildman–Crippen LogP) is 2.96. The lowest BCUT2D eigenvalue weighted by molar-refractivity contribution is 0.0157. The minimum atomic E-state index is 0.665. The minimum absolute atomic E-state index is 0.665. The Balaban J connectivity index is 1.65. The highest BCUT2D eigenvalue weighted by Crippen LogP contribution is 2.23. The molecule has 0 saturated carbocycles. The first-order valence-corrected chi connectivity index (χ1v) is 9.27. The Kier molecular flexibility index (Phi) is 6.97. The average molecular weight is 296 g/mol. The third-order valence-electron chi connectivity index (χ3n) is 5.39. The summed E-state index contributed by atoms with van der Waals surface area (Å²) in [6.07, 6.45) is 6.92. The average Bonchev–Trinajstić information content (AvgIpc) is 2.45. The predicted molar refractivity (Wildman–Crippen MR) is 91.8 cm³/mol. The van der Waals surface area contributed by atoms with Crippen LogP contribution in [0.5, 0.6) is 0 Å². The van der Waals surface area contributed by atoms with Crippen LogP contribution < -0.4 is 5.32 Å². The molecule has 0 aromatic heterocycles. The van der Waals surface area contributed by atoms with Crippen LogP contribution in [-0.2, 0) is 0 Å². The summed E-state index contributed by atoms with van der Waals surface area (Å²) >= 11 is 0. The second kappa shape index (κ2) is 8.50. The van der Waals surface area contributed by atoms with Crippen molar-refractivity contribution in [1.82, 2.24) is 15.1 Å². The molecule has 2 heterocycles. The molecular formula is C18H37N3. The maximum atomic E-state index is 3.72. The molecule has 2 aliphatic rings. The van der Waals surface area contributed by atoms with Crippen LogP contribution in [0.2, 0.25) is 0 Å². The highest BCUT2D eigenvalue weighted by molar-refractivity contribution is 4.89. The summed E-state index contributed by atoms with van der Waals surface area (Å²) in [7, 11) is 0. The fourth-order valence-corrected chi connectivity index (χ4v) is 3.86. The number of hydrogen-bond donors (Lipinski definition) is 1. The van der Waals surface area contributed by atoms with Crippen LogP contribution in [0, 0.1) is 5.92 Å². The Labute approximate surface area is 132 Å². The topological polar surface area (TPSA) is 18.5 Å². The van der Waals surface area contributed by atoms with Gasteiger partial charge in [0.15, 0.2) is 0 Å². The zero-order chi connectivity index (χ0) is 15.2. The van der Waals surface area contributed by atoms with E-state index in [4.69, 9.17) is 0 Å². The van der Waals surface area contributed by atoms with Gasteiger partial charge >= 0.3 is 0 Å². The van der Waals surface area contributed by atoms with E-state index in [2.05, 4.69) is 42.8 Å². The Hall–Kier alpha value is -0.120. The molecule has 3 unspecified atom stereocenters. The van der Waals surface area contributed by atoms with Gasteiger partial charge in [0.25, 0.3) is 0 Å². The van der Waals surface area contributed by atoms with Gasteiger partial charge in [-0.1, -0.05) is 20.3 Å². The number of nitrogens with zero attached hydrogens (tertiary/aromatic N) is 2. The number of nitrogens with one attached hydrogen (secondary N) is 1. The first-order valence-electron chi connectivity index (χ1n) is 9.27. The van der Waals surface area contributed by atoms with Gasteiger partial charge in [0.05, 0.1) is 0 Å². The maximum absolute atomic E-state index is 3.72. The number of rotatable bonds is 7. The van der Waals surface area contributed by atoms with Gasteiger partial charge in [0.1, 0.15) is 0 Å². The molecule has 3 nitrogen and oxygen atoms in total. The van der Waals surface area contributed by atoms with E-state index in [1.54, 1.807) is 0 Å². The second-order valence-corrected chi connectivity index (χ2v) is 7.81. The molecule has 3 heteroatoms. The van der Waals surface area contributed by atoms with Gasteiger partial charge in [-0.15, -0.1) is 0 Å². The van der Waals surface area contributed by atoms with Crippen LogP contribution in [0.1, 0.15) is 59.8 Å².